The molecule has 0 aliphatic carbocycles. The lowest BCUT2D eigenvalue weighted by molar-refractivity contribution is -0.119. The van der Waals surface area contributed by atoms with Crippen molar-refractivity contribution in [1.29, 1.82) is 0 Å². The molecule has 0 unspecified atom stereocenters. The Morgan fingerprint density at radius 3 is 2.93 bits per heavy atom. The summed E-state index contributed by atoms with van der Waals surface area (Å²) in [6, 6.07) is 7.05. The normalized spacial score (nSPS) is 20.9. The molecule has 1 fully saturated rings. The molecule has 1 aromatic carbocycles. The van der Waals surface area contributed by atoms with E-state index >= 15 is 0 Å². The van der Waals surface area contributed by atoms with Gasteiger partial charge in [-0.25, -0.2) is 9.37 Å². The number of carbonyl (C=O) groups is 1. The standard InChI is InChI=1S/C20H20FN5O/c1-20(2)15-12(7-9-23-18(15)24-19(20)27)16-13-4-3-5-14(21)17(13)26(25-16)11-6-8-22-10-11/h3-5,7,9,11,22H,6,8,10H2,1-2H3,(H,23,24,27)/t11-/m0/s1. The van der Waals surface area contributed by atoms with Gasteiger partial charge in [-0.1, -0.05) is 12.1 Å². The summed E-state index contributed by atoms with van der Waals surface area (Å²) in [5.41, 5.74) is 2.12. The third kappa shape index (κ3) is 2.24. The average Bonchev–Trinajstić information content (AvgIpc) is 3.33. The lowest BCUT2D eigenvalue weighted by Crippen LogP contribution is -2.27. The SMILES string of the molecule is CC1(C)C(=O)Nc2nccc(-c3nn([C@H]4CCNC4)c4c(F)cccc34)c21. The topological polar surface area (TPSA) is 71.8 Å². The molecule has 0 bridgehead atoms. The molecular formula is C20H20FN5O. The van der Waals surface area contributed by atoms with E-state index in [1.807, 2.05) is 30.7 Å². The van der Waals surface area contributed by atoms with Crippen LogP contribution in [0.4, 0.5) is 10.2 Å². The van der Waals surface area contributed by atoms with Crippen LogP contribution in [0.3, 0.4) is 0 Å². The largest absolute Gasteiger partial charge is 0.315 e. The highest BCUT2D eigenvalue weighted by Crippen LogP contribution is 2.44. The van der Waals surface area contributed by atoms with Crippen molar-refractivity contribution in [2.24, 2.45) is 0 Å². The van der Waals surface area contributed by atoms with E-state index in [2.05, 4.69) is 15.6 Å². The molecule has 6 nitrogen and oxygen atoms in total. The number of nitrogens with zero attached hydrogens (tertiary/aromatic N) is 3. The molecule has 0 saturated carbocycles. The summed E-state index contributed by atoms with van der Waals surface area (Å²) in [6.07, 6.45) is 2.57. The van der Waals surface area contributed by atoms with Gasteiger partial charge in [0.15, 0.2) is 0 Å². The number of anilines is 1. The van der Waals surface area contributed by atoms with Crippen molar-refractivity contribution in [2.75, 3.05) is 18.4 Å². The molecule has 138 valence electrons. The van der Waals surface area contributed by atoms with E-state index in [1.54, 1.807) is 12.3 Å². The summed E-state index contributed by atoms with van der Waals surface area (Å²) >= 11 is 0. The Morgan fingerprint density at radius 1 is 1.30 bits per heavy atom. The van der Waals surface area contributed by atoms with E-state index in [1.165, 1.54) is 6.07 Å². The van der Waals surface area contributed by atoms with Crippen LogP contribution < -0.4 is 10.6 Å². The van der Waals surface area contributed by atoms with Gasteiger partial charge >= 0.3 is 0 Å². The molecule has 7 heteroatoms. The van der Waals surface area contributed by atoms with Crippen molar-refractivity contribution < 1.29 is 9.18 Å². The Labute approximate surface area is 155 Å². The van der Waals surface area contributed by atoms with Crippen molar-refractivity contribution >= 4 is 22.6 Å². The molecule has 1 saturated heterocycles. The van der Waals surface area contributed by atoms with Crippen molar-refractivity contribution in [3.8, 4) is 11.3 Å². The Kier molecular flexibility index (Phi) is 3.40. The molecular weight excluding hydrogens is 345 g/mol. The molecule has 2 N–H and O–H groups in total. The Balaban J connectivity index is 1.81. The number of hydrogen-bond donors (Lipinski definition) is 2. The van der Waals surface area contributed by atoms with Gasteiger partial charge in [0.25, 0.3) is 0 Å². The molecule has 27 heavy (non-hydrogen) atoms. The minimum atomic E-state index is -0.725. The first-order valence-electron chi connectivity index (χ1n) is 9.17. The number of para-hydroxylation sites is 1. The number of fused-ring (bicyclic) bond motifs is 2. The number of aromatic nitrogens is 3. The van der Waals surface area contributed by atoms with Gasteiger partial charge in [-0.05, 0) is 38.9 Å². The number of amides is 1. The van der Waals surface area contributed by atoms with Crippen LogP contribution >= 0.6 is 0 Å². The van der Waals surface area contributed by atoms with Gasteiger partial charge in [-0.15, -0.1) is 0 Å². The molecule has 0 radical (unpaired) electrons. The number of rotatable bonds is 2. The third-order valence-electron chi connectivity index (χ3n) is 5.69. The fourth-order valence-electron chi connectivity index (χ4n) is 4.23. The first-order valence-corrected chi connectivity index (χ1v) is 9.17. The van der Waals surface area contributed by atoms with Crippen molar-refractivity contribution in [3.05, 3.63) is 41.8 Å². The zero-order valence-electron chi connectivity index (χ0n) is 15.2. The van der Waals surface area contributed by atoms with Crippen LogP contribution in [-0.4, -0.2) is 33.8 Å². The highest BCUT2D eigenvalue weighted by Gasteiger charge is 2.42. The number of carbonyl (C=O) groups excluding carboxylic acids is 1. The second-order valence-corrected chi connectivity index (χ2v) is 7.74. The molecule has 2 aromatic heterocycles. The van der Waals surface area contributed by atoms with Crippen LogP contribution in [0.25, 0.3) is 22.2 Å². The first kappa shape index (κ1) is 16.4. The van der Waals surface area contributed by atoms with Gasteiger partial charge in [-0.3, -0.25) is 9.48 Å². The van der Waals surface area contributed by atoms with Crippen LogP contribution in [0.2, 0.25) is 0 Å². The highest BCUT2D eigenvalue weighted by atomic mass is 19.1. The molecule has 4 heterocycles. The van der Waals surface area contributed by atoms with Crippen LogP contribution in [0.1, 0.15) is 31.9 Å². The molecule has 2 aliphatic heterocycles. The number of benzene rings is 1. The quantitative estimate of drug-likeness (QED) is 0.732. The van der Waals surface area contributed by atoms with E-state index < -0.39 is 5.41 Å². The zero-order chi connectivity index (χ0) is 18.8. The predicted molar refractivity (Wildman–Crippen MR) is 101 cm³/mol. The number of nitrogens with one attached hydrogen (secondary N) is 2. The smallest absolute Gasteiger partial charge is 0.235 e. The van der Waals surface area contributed by atoms with Crippen molar-refractivity contribution in [3.63, 3.8) is 0 Å². The first-order chi connectivity index (χ1) is 13.0. The van der Waals surface area contributed by atoms with Crippen LogP contribution in [0, 0.1) is 5.82 Å². The van der Waals surface area contributed by atoms with Gasteiger partial charge in [0.2, 0.25) is 5.91 Å². The van der Waals surface area contributed by atoms with Gasteiger partial charge in [0, 0.05) is 29.3 Å². The molecule has 2 aliphatic rings. The zero-order valence-corrected chi connectivity index (χ0v) is 15.2. The molecule has 0 spiro atoms. The highest BCUT2D eigenvalue weighted by molar-refractivity contribution is 6.08. The van der Waals surface area contributed by atoms with Gasteiger partial charge in [-0.2, -0.15) is 5.10 Å². The number of halogens is 1. The lowest BCUT2D eigenvalue weighted by atomic mass is 9.83. The summed E-state index contributed by atoms with van der Waals surface area (Å²) < 4.78 is 16.6. The lowest BCUT2D eigenvalue weighted by Gasteiger charge is -2.17. The average molecular weight is 365 g/mol. The van der Waals surface area contributed by atoms with E-state index in [0.29, 0.717) is 17.0 Å². The number of hydrogen-bond acceptors (Lipinski definition) is 4. The fourth-order valence-corrected chi connectivity index (χ4v) is 4.23. The minimum absolute atomic E-state index is 0.0904. The summed E-state index contributed by atoms with van der Waals surface area (Å²) in [7, 11) is 0. The van der Waals surface area contributed by atoms with Gasteiger partial charge < -0.3 is 10.6 Å². The molecule has 3 aromatic rings. The van der Waals surface area contributed by atoms with E-state index in [0.717, 1.165) is 36.0 Å². The van der Waals surface area contributed by atoms with E-state index in [9.17, 15) is 9.18 Å². The Hall–Kier alpha value is -2.80. The molecule has 1 amide bonds. The predicted octanol–water partition coefficient (Wildman–Crippen LogP) is 3.00. The Bertz CT molecular complexity index is 1080. The number of pyridine rings is 1. The van der Waals surface area contributed by atoms with Crippen molar-refractivity contribution in [2.45, 2.75) is 31.7 Å². The van der Waals surface area contributed by atoms with Crippen LogP contribution in [0.15, 0.2) is 30.5 Å². The van der Waals surface area contributed by atoms with Crippen molar-refractivity contribution in [1.82, 2.24) is 20.1 Å². The summed E-state index contributed by atoms with van der Waals surface area (Å²) in [5.74, 6) is 0.189. The maximum Gasteiger partial charge on any atom is 0.235 e. The van der Waals surface area contributed by atoms with E-state index in [4.69, 9.17) is 5.10 Å². The van der Waals surface area contributed by atoms with Crippen LogP contribution in [0.5, 0.6) is 0 Å². The summed E-state index contributed by atoms with van der Waals surface area (Å²) in [6.45, 7) is 5.41. The van der Waals surface area contributed by atoms with Gasteiger partial charge in [0.05, 0.1) is 11.5 Å². The van der Waals surface area contributed by atoms with Gasteiger partial charge in [0.1, 0.15) is 22.8 Å². The fraction of sp³-hybridized carbons (Fsp3) is 0.350. The third-order valence-corrected chi connectivity index (χ3v) is 5.69. The second kappa shape index (κ2) is 5.60. The molecule has 5 rings (SSSR count). The minimum Gasteiger partial charge on any atom is -0.315 e. The summed E-state index contributed by atoms with van der Waals surface area (Å²) in [5, 5.41) is 11.8. The van der Waals surface area contributed by atoms with E-state index in [-0.39, 0.29) is 17.8 Å². The molecule has 1 atom stereocenters. The maximum absolute atomic E-state index is 14.8. The Morgan fingerprint density at radius 2 is 2.15 bits per heavy atom. The monoisotopic (exact) mass is 365 g/mol. The maximum atomic E-state index is 14.8. The van der Waals surface area contributed by atoms with Crippen LogP contribution in [-0.2, 0) is 10.2 Å². The second-order valence-electron chi connectivity index (χ2n) is 7.74. The summed E-state index contributed by atoms with van der Waals surface area (Å²) in [4.78, 5) is 16.7.